The van der Waals surface area contributed by atoms with Crippen LogP contribution in [0.25, 0.3) is 16.8 Å². The molecular weight excluding hydrogens is 437 g/mol. The highest BCUT2D eigenvalue weighted by Crippen LogP contribution is 2.38. The molecule has 0 saturated carbocycles. The molecule has 4 aromatic rings. The van der Waals surface area contributed by atoms with Crippen LogP contribution in [0.3, 0.4) is 0 Å². The predicted octanol–water partition coefficient (Wildman–Crippen LogP) is 4.21. The first kappa shape index (κ1) is 22.1. The van der Waals surface area contributed by atoms with E-state index in [2.05, 4.69) is 15.4 Å². The van der Waals surface area contributed by atoms with E-state index in [0.717, 1.165) is 0 Å². The third-order valence-electron chi connectivity index (χ3n) is 5.14. The Morgan fingerprint density at radius 1 is 1.12 bits per heavy atom. The van der Waals surface area contributed by atoms with Gasteiger partial charge in [0.25, 0.3) is 5.56 Å². The van der Waals surface area contributed by atoms with Gasteiger partial charge in [0.05, 0.1) is 19.1 Å². The molecule has 2 aromatic carbocycles. The number of hydrogen-bond acceptors (Lipinski definition) is 4. The minimum absolute atomic E-state index is 0.0179. The molecule has 0 unspecified atom stereocenters. The van der Waals surface area contributed by atoms with Gasteiger partial charge >= 0.3 is 6.18 Å². The van der Waals surface area contributed by atoms with Crippen LogP contribution < -0.4 is 15.6 Å². The summed E-state index contributed by atoms with van der Waals surface area (Å²) in [7, 11) is 1.52. The number of ether oxygens (including phenoxy) is 1. The summed E-state index contributed by atoms with van der Waals surface area (Å²) in [5, 5.41) is 6.23. The number of aromatic amines is 1. The van der Waals surface area contributed by atoms with E-state index in [1.165, 1.54) is 26.2 Å². The number of carbonyl (C=O) groups excluding carboxylic acids is 1. The van der Waals surface area contributed by atoms with Crippen LogP contribution >= 0.6 is 0 Å². The molecule has 170 valence electrons. The largest absolute Gasteiger partial charge is 0.497 e. The van der Waals surface area contributed by atoms with Crippen molar-refractivity contribution < 1.29 is 22.7 Å². The highest BCUT2D eigenvalue weighted by Gasteiger charge is 2.39. The molecule has 2 aromatic heterocycles. The van der Waals surface area contributed by atoms with Gasteiger partial charge in [0, 0.05) is 16.9 Å². The smallest absolute Gasteiger partial charge is 0.435 e. The standard InChI is InChI=1S/C23H19F3N4O3/c1-13-17(12-18(31)28-15-8-10-16(33-2)11-9-15)22(32)30-21(27-13)19(14-6-4-3-5-7-14)20(29-30)23(24,25)26/h3-11,27H,12H2,1-2H3,(H,28,31). The monoisotopic (exact) mass is 456 g/mol. The van der Waals surface area contributed by atoms with Crippen LogP contribution in [0.5, 0.6) is 5.75 Å². The molecule has 0 radical (unpaired) electrons. The number of rotatable bonds is 5. The van der Waals surface area contributed by atoms with Crippen molar-refractivity contribution in [2.24, 2.45) is 0 Å². The summed E-state index contributed by atoms with van der Waals surface area (Å²) in [4.78, 5) is 28.4. The summed E-state index contributed by atoms with van der Waals surface area (Å²) in [5.41, 5.74) is -1.24. The number of halogens is 3. The Balaban J connectivity index is 1.75. The lowest BCUT2D eigenvalue weighted by molar-refractivity contribution is -0.140. The number of benzene rings is 2. The highest BCUT2D eigenvalue weighted by atomic mass is 19.4. The number of fused-ring (bicyclic) bond motifs is 1. The first-order chi connectivity index (χ1) is 15.7. The molecule has 0 aliphatic carbocycles. The molecule has 0 spiro atoms. The second-order valence-corrected chi connectivity index (χ2v) is 7.33. The molecule has 0 aliphatic heterocycles. The zero-order valence-electron chi connectivity index (χ0n) is 17.7. The summed E-state index contributed by atoms with van der Waals surface area (Å²) in [6.07, 6.45) is -5.12. The number of carbonyl (C=O) groups is 1. The molecule has 0 fully saturated rings. The molecule has 33 heavy (non-hydrogen) atoms. The average Bonchev–Trinajstić information content (AvgIpc) is 3.18. The number of nitrogens with one attached hydrogen (secondary N) is 2. The lowest BCUT2D eigenvalue weighted by atomic mass is 10.1. The second-order valence-electron chi connectivity index (χ2n) is 7.33. The molecule has 7 nitrogen and oxygen atoms in total. The highest BCUT2D eigenvalue weighted by molar-refractivity contribution is 5.92. The van der Waals surface area contributed by atoms with Crippen molar-refractivity contribution in [3.63, 3.8) is 0 Å². The third-order valence-corrected chi connectivity index (χ3v) is 5.14. The topological polar surface area (TPSA) is 88.5 Å². The van der Waals surface area contributed by atoms with E-state index in [1.807, 2.05) is 0 Å². The van der Waals surface area contributed by atoms with Crippen LogP contribution in [0, 0.1) is 6.92 Å². The maximum absolute atomic E-state index is 13.7. The van der Waals surface area contributed by atoms with Crippen molar-refractivity contribution in [3.05, 3.63) is 81.9 Å². The molecule has 2 heterocycles. The molecule has 2 N–H and O–H groups in total. The molecule has 0 atom stereocenters. The number of hydrogen-bond donors (Lipinski definition) is 2. The van der Waals surface area contributed by atoms with Gasteiger partial charge in [0.1, 0.15) is 11.4 Å². The maximum atomic E-state index is 13.7. The fourth-order valence-electron chi connectivity index (χ4n) is 3.55. The first-order valence-corrected chi connectivity index (χ1v) is 9.90. The Morgan fingerprint density at radius 3 is 2.39 bits per heavy atom. The molecule has 1 amide bonds. The van der Waals surface area contributed by atoms with Crippen molar-refractivity contribution >= 4 is 17.2 Å². The Labute approximate surface area is 185 Å². The number of anilines is 1. The van der Waals surface area contributed by atoms with Gasteiger partial charge in [-0.25, -0.2) is 0 Å². The minimum Gasteiger partial charge on any atom is -0.497 e. The van der Waals surface area contributed by atoms with E-state index in [1.54, 1.807) is 42.5 Å². The maximum Gasteiger partial charge on any atom is 0.435 e. The Kier molecular flexibility index (Phi) is 5.67. The van der Waals surface area contributed by atoms with Gasteiger partial charge in [-0.2, -0.15) is 22.8 Å². The van der Waals surface area contributed by atoms with Crippen LogP contribution in [-0.4, -0.2) is 27.6 Å². The van der Waals surface area contributed by atoms with Gasteiger partial charge in [-0.3, -0.25) is 9.59 Å². The third kappa shape index (κ3) is 4.32. The summed E-state index contributed by atoms with van der Waals surface area (Å²) in [5.74, 6) is 0.110. The van der Waals surface area contributed by atoms with Gasteiger partial charge < -0.3 is 15.0 Å². The van der Waals surface area contributed by atoms with E-state index < -0.39 is 23.3 Å². The van der Waals surface area contributed by atoms with E-state index >= 15 is 0 Å². The number of nitrogens with zero attached hydrogens (tertiary/aromatic N) is 2. The summed E-state index contributed by atoms with van der Waals surface area (Å²) in [6.45, 7) is 1.53. The zero-order chi connectivity index (χ0) is 23.8. The van der Waals surface area contributed by atoms with E-state index in [4.69, 9.17) is 4.74 Å². The summed E-state index contributed by atoms with van der Waals surface area (Å²) in [6, 6.07) is 14.5. The Bertz CT molecular complexity index is 1370. The molecule has 10 heteroatoms. The van der Waals surface area contributed by atoms with Crippen molar-refractivity contribution in [3.8, 4) is 16.9 Å². The summed E-state index contributed by atoms with van der Waals surface area (Å²) < 4.78 is 47.0. The molecule has 0 saturated heterocycles. The first-order valence-electron chi connectivity index (χ1n) is 9.90. The number of H-pyrrole nitrogens is 1. The van der Waals surface area contributed by atoms with Gasteiger partial charge in [-0.05, 0) is 36.8 Å². The lowest BCUT2D eigenvalue weighted by Crippen LogP contribution is -2.26. The number of aromatic nitrogens is 3. The van der Waals surface area contributed by atoms with Crippen molar-refractivity contribution in [2.75, 3.05) is 12.4 Å². The number of methoxy groups -OCH3 is 1. The van der Waals surface area contributed by atoms with E-state index in [0.29, 0.717) is 16.0 Å². The predicted molar refractivity (Wildman–Crippen MR) is 116 cm³/mol. The van der Waals surface area contributed by atoms with Crippen LogP contribution in [-0.2, 0) is 17.4 Å². The molecular formula is C23H19F3N4O3. The summed E-state index contributed by atoms with van der Waals surface area (Å²) >= 11 is 0. The Morgan fingerprint density at radius 2 is 1.79 bits per heavy atom. The molecule has 4 rings (SSSR count). The molecule has 0 aliphatic rings. The zero-order valence-corrected chi connectivity index (χ0v) is 17.7. The van der Waals surface area contributed by atoms with Crippen molar-refractivity contribution in [2.45, 2.75) is 19.5 Å². The molecule has 0 bridgehead atoms. The van der Waals surface area contributed by atoms with Crippen LogP contribution in [0.4, 0.5) is 18.9 Å². The van der Waals surface area contributed by atoms with Gasteiger partial charge in [-0.15, -0.1) is 0 Å². The fraction of sp³-hybridized carbons (Fsp3) is 0.174. The average molecular weight is 456 g/mol. The van der Waals surface area contributed by atoms with E-state index in [-0.39, 0.29) is 34.5 Å². The fourth-order valence-corrected chi connectivity index (χ4v) is 3.55. The SMILES string of the molecule is COc1ccc(NC(=O)Cc2c(C)[nH]c3c(-c4ccccc4)c(C(F)(F)F)nn3c2=O)cc1. The normalized spacial score (nSPS) is 11.5. The number of amides is 1. The minimum atomic E-state index is -4.78. The number of aryl methyl sites for hydroxylation is 1. The lowest BCUT2D eigenvalue weighted by Gasteiger charge is -2.09. The van der Waals surface area contributed by atoms with Crippen LogP contribution in [0.2, 0.25) is 0 Å². The quantitative estimate of drug-likeness (QED) is 0.471. The second kappa shape index (κ2) is 8.45. The van der Waals surface area contributed by atoms with Crippen LogP contribution in [0.1, 0.15) is 17.0 Å². The van der Waals surface area contributed by atoms with Crippen molar-refractivity contribution in [1.29, 1.82) is 0 Å². The van der Waals surface area contributed by atoms with Crippen LogP contribution in [0.15, 0.2) is 59.4 Å². The van der Waals surface area contributed by atoms with E-state index in [9.17, 15) is 22.8 Å². The van der Waals surface area contributed by atoms with Gasteiger partial charge in [0.2, 0.25) is 5.91 Å². The van der Waals surface area contributed by atoms with Gasteiger partial charge in [0.15, 0.2) is 5.69 Å². The number of alkyl halides is 3. The Hall–Kier alpha value is -4.08. The van der Waals surface area contributed by atoms with Crippen molar-refractivity contribution in [1.82, 2.24) is 14.6 Å². The van der Waals surface area contributed by atoms with Gasteiger partial charge in [-0.1, -0.05) is 30.3 Å².